The zero-order valence-electron chi connectivity index (χ0n) is 14.9. The first-order chi connectivity index (χ1) is 10.3. The normalized spacial score (nSPS) is 11.4. The van der Waals surface area contributed by atoms with Gasteiger partial charge in [0.05, 0.1) is 0 Å². The molecule has 0 aliphatic carbocycles. The molecule has 0 saturated heterocycles. The average Bonchev–Trinajstić information content (AvgIpc) is 2.51. The summed E-state index contributed by atoms with van der Waals surface area (Å²) in [5, 5.41) is 8.71. The Morgan fingerprint density at radius 1 is 0.524 bits per heavy atom. The van der Waals surface area contributed by atoms with E-state index >= 15 is 0 Å². The van der Waals surface area contributed by atoms with Crippen molar-refractivity contribution in [2.75, 3.05) is 26.2 Å². The second kappa shape index (κ2) is 18.0. The van der Waals surface area contributed by atoms with Crippen LogP contribution in [0.5, 0.6) is 0 Å². The lowest BCUT2D eigenvalue weighted by molar-refractivity contribution is 0.258. The van der Waals surface area contributed by atoms with Gasteiger partial charge in [-0.1, -0.05) is 71.6 Å². The fraction of sp³-hybridized carbons (Fsp3) is 1.00. The van der Waals surface area contributed by atoms with E-state index in [4.69, 9.17) is 5.11 Å². The molecule has 0 radical (unpaired) electrons. The molecule has 1 N–H and O–H groups in total. The van der Waals surface area contributed by atoms with Crippen molar-refractivity contribution in [3.63, 3.8) is 0 Å². The lowest BCUT2D eigenvalue weighted by Gasteiger charge is -2.21. The minimum Gasteiger partial charge on any atom is -0.396 e. The minimum absolute atomic E-state index is 0.368. The maximum absolute atomic E-state index is 8.71. The van der Waals surface area contributed by atoms with Gasteiger partial charge in [-0.25, -0.2) is 0 Å². The van der Waals surface area contributed by atoms with E-state index in [1.165, 1.54) is 96.7 Å². The Balaban J connectivity index is 3.35. The third kappa shape index (κ3) is 16.1. The van der Waals surface area contributed by atoms with Gasteiger partial charge in [0.15, 0.2) is 0 Å². The lowest BCUT2D eigenvalue weighted by Crippen LogP contribution is -2.27. The average molecular weight is 300 g/mol. The van der Waals surface area contributed by atoms with Gasteiger partial charge in [-0.05, 0) is 45.3 Å². The Morgan fingerprint density at radius 2 is 0.905 bits per heavy atom. The van der Waals surface area contributed by atoms with Crippen LogP contribution >= 0.6 is 0 Å². The predicted molar refractivity (Wildman–Crippen MR) is 94.9 cm³/mol. The van der Waals surface area contributed by atoms with Gasteiger partial charge in [-0.2, -0.15) is 0 Å². The second-order valence-electron chi connectivity index (χ2n) is 6.45. The van der Waals surface area contributed by atoms with Gasteiger partial charge >= 0.3 is 0 Å². The topological polar surface area (TPSA) is 23.5 Å². The summed E-state index contributed by atoms with van der Waals surface area (Å²) in [4.78, 5) is 2.68. The smallest absolute Gasteiger partial charge is 0.0431 e. The lowest BCUT2D eigenvalue weighted by atomic mass is 10.1. The number of hydrogen-bond donors (Lipinski definition) is 1. The molecule has 0 heterocycles. The first-order valence-electron chi connectivity index (χ1n) is 9.68. The van der Waals surface area contributed by atoms with Crippen LogP contribution in [0.25, 0.3) is 0 Å². The van der Waals surface area contributed by atoms with Crippen molar-refractivity contribution in [2.45, 2.75) is 97.3 Å². The van der Waals surface area contributed by atoms with Gasteiger partial charge in [0.1, 0.15) is 0 Å². The summed E-state index contributed by atoms with van der Waals surface area (Å²) in [5.41, 5.74) is 0. The summed E-state index contributed by atoms with van der Waals surface area (Å²) < 4.78 is 0. The highest BCUT2D eigenvalue weighted by Crippen LogP contribution is 2.10. The number of aliphatic hydroxyl groups excluding tert-OH is 1. The molecule has 128 valence electrons. The monoisotopic (exact) mass is 299 g/mol. The van der Waals surface area contributed by atoms with Crippen LogP contribution in [-0.2, 0) is 0 Å². The van der Waals surface area contributed by atoms with Crippen molar-refractivity contribution < 1.29 is 5.11 Å². The molecule has 0 aromatic rings. The van der Waals surface area contributed by atoms with E-state index < -0.39 is 0 Å². The Kier molecular flexibility index (Phi) is 17.9. The number of aliphatic hydroxyl groups is 1. The first kappa shape index (κ1) is 20.9. The molecule has 0 aliphatic heterocycles. The molecule has 0 fully saturated rings. The third-order valence-electron chi connectivity index (χ3n) is 4.29. The Morgan fingerprint density at radius 3 is 1.33 bits per heavy atom. The third-order valence-corrected chi connectivity index (χ3v) is 4.29. The van der Waals surface area contributed by atoms with Crippen LogP contribution in [0.4, 0.5) is 0 Å². The molecule has 0 saturated carbocycles. The van der Waals surface area contributed by atoms with Crippen molar-refractivity contribution in [1.82, 2.24) is 4.90 Å². The quantitative estimate of drug-likeness (QED) is 0.364. The van der Waals surface area contributed by atoms with Gasteiger partial charge < -0.3 is 10.0 Å². The van der Waals surface area contributed by atoms with E-state index in [-0.39, 0.29) is 0 Å². The van der Waals surface area contributed by atoms with Crippen molar-refractivity contribution in [3.05, 3.63) is 0 Å². The van der Waals surface area contributed by atoms with E-state index in [1.54, 1.807) is 0 Å². The molecule has 2 heteroatoms. The molecule has 21 heavy (non-hydrogen) atoms. The molecule has 0 aliphatic rings. The largest absolute Gasteiger partial charge is 0.396 e. The highest BCUT2D eigenvalue weighted by atomic mass is 16.2. The van der Waals surface area contributed by atoms with Crippen molar-refractivity contribution in [1.29, 1.82) is 0 Å². The summed E-state index contributed by atoms with van der Waals surface area (Å²) in [6, 6.07) is 0. The van der Waals surface area contributed by atoms with Gasteiger partial charge in [0, 0.05) is 6.61 Å². The van der Waals surface area contributed by atoms with Gasteiger partial charge in [0.25, 0.3) is 0 Å². The zero-order valence-corrected chi connectivity index (χ0v) is 14.9. The van der Waals surface area contributed by atoms with Crippen LogP contribution < -0.4 is 0 Å². The summed E-state index contributed by atoms with van der Waals surface area (Å²) in [7, 11) is 0. The molecular formula is C19H41NO. The summed E-state index contributed by atoms with van der Waals surface area (Å²) in [6.45, 7) is 8.88. The molecular weight excluding hydrogens is 258 g/mol. The number of nitrogens with zero attached hydrogens (tertiary/aromatic N) is 1. The number of hydrogen-bond acceptors (Lipinski definition) is 2. The predicted octanol–water partition coefficient (Wildman–Crippen LogP) is 5.39. The molecule has 0 atom stereocenters. The highest BCUT2D eigenvalue weighted by molar-refractivity contribution is 4.58. The minimum atomic E-state index is 0.368. The molecule has 0 unspecified atom stereocenters. The standard InChI is InChI=1S/C19H41NO/c1-3-5-16-20(17-6-4-2)18-14-12-10-8-7-9-11-13-15-19-21/h21H,3-19H2,1-2H3. The van der Waals surface area contributed by atoms with Crippen LogP contribution in [0.15, 0.2) is 0 Å². The fourth-order valence-corrected chi connectivity index (χ4v) is 2.78. The van der Waals surface area contributed by atoms with E-state index in [0.29, 0.717) is 6.61 Å². The van der Waals surface area contributed by atoms with Gasteiger partial charge in [0.2, 0.25) is 0 Å². The second-order valence-corrected chi connectivity index (χ2v) is 6.45. The Hall–Kier alpha value is -0.0800. The SMILES string of the molecule is CCCCN(CCCC)CCCCCCCCCCCO. The maximum Gasteiger partial charge on any atom is 0.0431 e. The van der Waals surface area contributed by atoms with Gasteiger partial charge in [-0.3, -0.25) is 0 Å². The number of unbranched alkanes of at least 4 members (excludes halogenated alkanes) is 10. The molecule has 0 aromatic heterocycles. The van der Waals surface area contributed by atoms with E-state index in [0.717, 1.165) is 6.42 Å². The van der Waals surface area contributed by atoms with Crippen molar-refractivity contribution in [3.8, 4) is 0 Å². The first-order valence-corrected chi connectivity index (χ1v) is 9.68. The van der Waals surface area contributed by atoms with Crippen LogP contribution in [0.1, 0.15) is 97.3 Å². The Bertz CT molecular complexity index is 176. The van der Waals surface area contributed by atoms with Crippen LogP contribution in [0, 0.1) is 0 Å². The molecule has 0 spiro atoms. The van der Waals surface area contributed by atoms with E-state index in [9.17, 15) is 0 Å². The molecule has 0 aromatic carbocycles. The fourth-order valence-electron chi connectivity index (χ4n) is 2.78. The van der Waals surface area contributed by atoms with Crippen molar-refractivity contribution >= 4 is 0 Å². The van der Waals surface area contributed by atoms with E-state index in [1.807, 2.05) is 0 Å². The molecule has 0 rings (SSSR count). The van der Waals surface area contributed by atoms with Crippen molar-refractivity contribution in [2.24, 2.45) is 0 Å². The summed E-state index contributed by atoms with van der Waals surface area (Å²) in [5.74, 6) is 0. The highest BCUT2D eigenvalue weighted by Gasteiger charge is 2.03. The van der Waals surface area contributed by atoms with Crippen LogP contribution in [-0.4, -0.2) is 36.2 Å². The number of rotatable bonds is 17. The molecule has 2 nitrogen and oxygen atoms in total. The molecule has 0 bridgehead atoms. The summed E-state index contributed by atoms with van der Waals surface area (Å²) >= 11 is 0. The Labute approximate surface area is 134 Å². The van der Waals surface area contributed by atoms with Crippen LogP contribution in [0.3, 0.4) is 0 Å². The summed E-state index contributed by atoms with van der Waals surface area (Å²) in [6.07, 6.45) is 17.2. The zero-order chi connectivity index (χ0) is 15.6. The van der Waals surface area contributed by atoms with Gasteiger partial charge in [-0.15, -0.1) is 0 Å². The maximum atomic E-state index is 8.71. The van der Waals surface area contributed by atoms with Crippen LogP contribution in [0.2, 0.25) is 0 Å². The molecule has 0 amide bonds. The van der Waals surface area contributed by atoms with E-state index in [2.05, 4.69) is 18.7 Å².